The summed E-state index contributed by atoms with van der Waals surface area (Å²) in [5.74, 6) is -1.96. The van der Waals surface area contributed by atoms with E-state index < -0.39 is 22.8 Å². The fourth-order valence-corrected chi connectivity index (χ4v) is 2.97. The summed E-state index contributed by atoms with van der Waals surface area (Å²) < 4.78 is 0. The molecule has 0 fully saturated rings. The van der Waals surface area contributed by atoms with Gasteiger partial charge in [0.1, 0.15) is 5.75 Å². The first-order valence-corrected chi connectivity index (χ1v) is 8.41. The van der Waals surface area contributed by atoms with Crippen LogP contribution in [0.25, 0.3) is 11.3 Å². The number of pyridine rings is 1. The van der Waals surface area contributed by atoms with Crippen molar-refractivity contribution >= 4 is 11.7 Å². The van der Waals surface area contributed by atoms with E-state index in [0.29, 0.717) is 16.8 Å². The molecule has 0 aliphatic heterocycles. The molecule has 27 heavy (non-hydrogen) atoms. The second-order valence-electron chi connectivity index (χ2n) is 6.44. The van der Waals surface area contributed by atoms with Crippen LogP contribution >= 0.6 is 0 Å². The molecule has 0 saturated heterocycles. The number of hydrogen-bond acceptors (Lipinski definition) is 4. The Morgan fingerprint density at radius 1 is 1.04 bits per heavy atom. The van der Waals surface area contributed by atoms with Crippen molar-refractivity contribution in [1.82, 2.24) is 4.98 Å². The summed E-state index contributed by atoms with van der Waals surface area (Å²) in [6.45, 7) is 0. The van der Waals surface area contributed by atoms with Crippen molar-refractivity contribution in [2.45, 2.75) is 6.42 Å². The molecule has 0 spiro atoms. The van der Waals surface area contributed by atoms with Gasteiger partial charge in [-0.05, 0) is 23.3 Å². The van der Waals surface area contributed by atoms with Crippen molar-refractivity contribution in [3.05, 3.63) is 81.6 Å². The highest BCUT2D eigenvalue weighted by atomic mass is 16.4. The Kier molecular flexibility index (Phi) is 4.98. The molecule has 6 heteroatoms. The minimum atomic E-state index is -1.46. The topological polar surface area (TPSA) is 93.6 Å². The largest absolute Gasteiger partial charge is 0.506 e. The van der Waals surface area contributed by atoms with E-state index in [4.69, 9.17) is 0 Å². The Labute approximate surface area is 156 Å². The zero-order valence-electron chi connectivity index (χ0n) is 15.1. The molecular weight excluding hydrogens is 344 g/mol. The van der Waals surface area contributed by atoms with Crippen LogP contribution < -0.4 is 10.5 Å². The van der Waals surface area contributed by atoms with Crippen LogP contribution in [0, 0.1) is 0 Å². The third-order valence-corrected chi connectivity index (χ3v) is 4.40. The molecule has 3 N–H and O–H groups in total. The van der Waals surface area contributed by atoms with Gasteiger partial charge in [0.2, 0.25) is 0 Å². The average molecular weight is 364 g/mol. The summed E-state index contributed by atoms with van der Waals surface area (Å²) in [4.78, 5) is 28.3. The lowest BCUT2D eigenvalue weighted by Crippen LogP contribution is -2.20. The molecule has 2 aromatic carbocycles. The van der Waals surface area contributed by atoms with Crippen LogP contribution in [0.2, 0.25) is 0 Å². The van der Waals surface area contributed by atoms with Gasteiger partial charge in [0.25, 0.3) is 5.56 Å². The maximum Gasteiger partial charge on any atom is 0.345 e. The third kappa shape index (κ3) is 3.69. The fourth-order valence-electron chi connectivity index (χ4n) is 2.97. The molecule has 3 rings (SSSR count). The van der Waals surface area contributed by atoms with Gasteiger partial charge in [-0.1, -0.05) is 42.5 Å². The van der Waals surface area contributed by atoms with Crippen molar-refractivity contribution < 1.29 is 15.0 Å². The SMILES string of the molecule is CN(C)c1ccc(-c2[nH]c(=O)c(C(=O)O)c(O)c2Cc2ccccc2)cc1. The molecule has 6 nitrogen and oxygen atoms in total. The number of nitrogens with one attached hydrogen (secondary N) is 1. The van der Waals surface area contributed by atoms with Crippen molar-refractivity contribution in [2.75, 3.05) is 19.0 Å². The lowest BCUT2D eigenvalue weighted by atomic mass is 9.96. The number of benzene rings is 2. The van der Waals surface area contributed by atoms with E-state index in [9.17, 15) is 19.8 Å². The zero-order valence-corrected chi connectivity index (χ0v) is 15.1. The van der Waals surface area contributed by atoms with Crippen LogP contribution in [-0.2, 0) is 6.42 Å². The van der Waals surface area contributed by atoms with Gasteiger partial charge in [0.15, 0.2) is 5.56 Å². The second-order valence-corrected chi connectivity index (χ2v) is 6.44. The number of aromatic carboxylic acids is 1. The average Bonchev–Trinajstić information content (AvgIpc) is 2.64. The molecule has 3 aromatic rings. The molecule has 0 radical (unpaired) electrons. The number of aromatic nitrogens is 1. The highest BCUT2D eigenvalue weighted by Gasteiger charge is 2.23. The number of carbonyl (C=O) groups is 1. The van der Waals surface area contributed by atoms with E-state index in [-0.39, 0.29) is 6.42 Å². The number of nitrogens with zero attached hydrogens (tertiary/aromatic N) is 1. The van der Waals surface area contributed by atoms with Crippen LogP contribution in [0.5, 0.6) is 5.75 Å². The first-order chi connectivity index (χ1) is 12.9. The number of hydrogen-bond donors (Lipinski definition) is 3. The molecule has 0 saturated carbocycles. The Hall–Kier alpha value is -3.54. The molecule has 138 valence electrons. The van der Waals surface area contributed by atoms with E-state index in [1.54, 1.807) is 0 Å². The van der Waals surface area contributed by atoms with Crippen LogP contribution in [0.3, 0.4) is 0 Å². The van der Waals surface area contributed by atoms with Crippen molar-refractivity contribution in [3.63, 3.8) is 0 Å². The summed E-state index contributed by atoms with van der Waals surface area (Å²) in [6, 6.07) is 16.8. The van der Waals surface area contributed by atoms with Crippen LogP contribution in [-0.4, -0.2) is 35.3 Å². The molecule has 0 unspecified atom stereocenters. The van der Waals surface area contributed by atoms with Crippen molar-refractivity contribution in [1.29, 1.82) is 0 Å². The molecule has 0 bridgehead atoms. The van der Waals surface area contributed by atoms with Crippen molar-refractivity contribution in [3.8, 4) is 17.0 Å². The van der Waals surface area contributed by atoms with Gasteiger partial charge in [-0.15, -0.1) is 0 Å². The third-order valence-electron chi connectivity index (χ3n) is 4.40. The van der Waals surface area contributed by atoms with Gasteiger partial charge in [-0.3, -0.25) is 4.79 Å². The predicted octanol–water partition coefficient (Wildman–Crippen LogP) is 3.10. The minimum Gasteiger partial charge on any atom is -0.506 e. The first kappa shape index (κ1) is 18.3. The lowest BCUT2D eigenvalue weighted by Gasteiger charge is -2.16. The number of aromatic hydroxyl groups is 1. The Morgan fingerprint density at radius 3 is 2.22 bits per heavy atom. The Bertz CT molecular complexity index is 1020. The maximum absolute atomic E-state index is 12.3. The molecule has 0 amide bonds. The van der Waals surface area contributed by atoms with Gasteiger partial charge in [-0.25, -0.2) is 4.79 Å². The minimum absolute atomic E-state index is 0.286. The molecule has 0 aliphatic rings. The van der Waals surface area contributed by atoms with Gasteiger partial charge in [0, 0.05) is 31.8 Å². The van der Waals surface area contributed by atoms with Crippen LogP contribution in [0.1, 0.15) is 21.5 Å². The molecule has 0 aliphatic carbocycles. The predicted molar refractivity (Wildman–Crippen MR) is 105 cm³/mol. The Balaban J connectivity index is 2.19. The highest BCUT2D eigenvalue weighted by Crippen LogP contribution is 2.32. The summed E-state index contributed by atoms with van der Waals surface area (Å²) in [6.07, 6.45) is 0.286. The number of aromatic amines is 1. The molecular formula is C21H20N2O4. The summed E-state index contributed by atoms with van der Waals surface area (Å²) >= 11 is 0. The standard InChI is InChI=1S/C21H20N2O4/c1-23(2)15-10-8-14(9-11-15)18-16(12-13-6-4-3-5-7-13)19(24)17(21(26)27)20(25)22-18/h3-11H,12H2,1-2H3,(H,26,27)(H2,22,24,25). The monoisotopic (exact) mass is 364 g/mol. The first-order valence-electron chi connectivity index (χ1n) is 8.41. The smallest absolute Gasteiger partial charge is 0.345 e. The normalized spacial score (nSPS) is 10.6. The van der Waals surface area contributed by atoms with Gasteiger partial charge < -0.3 is 20.1 Å². The Morgan fingerprint density at radius 2 is 1.67 bits per heavy atom. The summed E-state index contributed by atoms with van der Waals surface area (Å²) in [5, 5.41) is 19.9. The number of rotatable bonds is 5. The van der Waals surface area contributed by atoms with E-state index in [2.05, 4.69) is 4.98 Å². The quantitative estimate of drug-likeness (QED) is 0.647. The van der Waals surface area contributed by atoms with E-state index in [0.717, 1.165) is 11.3 Å². The number of carboxylic acids is 1. The van der Waals surface area contributed by atoms with Crippen LogP contribution in [0.4, 0.5) is 5.69 Å². The van der Waals surface area contributed by atoms with E-state index in [1.165, 1.54) is 0 Å². The molecule has 1 heterocycles. The molecule has 1 aromatic heterocycles. The molecule has 0 atom stereocenters. The maximum atomic E-state index is 12.3. The van der Waals surface area contributed by atoms with Gasteiger partial charge in [-0.2, -0.15) is 0 Å². The second kappa shape index (κ2) is 7.37. The van der Waals surface area contributed by atoms with E-state index in [1.807, 2.05) is 73.6 Å². The number of carboxylic acid groups (broad SMARTS) is 1. The zero-order chi connectivity index (χ0) is 19.6. The number of anilines is 1. The highest BCUT2D eigenvalue weighted by molar-refractivity contribution is 5.92. The van der Waals surface area contributed by atoms with Crippen LogP contribution in [0.15, 0.2) is 59.4 Å². The van der Waals surface area contributed by atoms with Crippen molar-refractivity contribution in [2.24, 2.45) is 0 Å². The van der Waals surface area contributed by atoms with Gasteiger partial charge >= 0.3 is 5.97 Å². The van der Waals surface area contributed by atoms with Gasteiger partial charge in [0.05, 0.1) is 5.69 Å². The lowest BCUT2D eigenvalue weighted by molar-refractivity contribution is 0.0691. The fraction of sp³-hybridized carbons (Fsp3) is 0.143. The summed E-state index contributed by atoms with van der Waals surface area (Å²) in [7, 11) is 3.84. The summed E-state index contributed by atoms with van der Waals surface area (Å²) in [5.41, 5.74) is 1.88. The van der Waals surface area contributed by atoms with E-state index >= 15 is 0 Å². The number of H-pyrrole nitrogens is 1.